The van der Waals surface area contributed by atoms with E-state index in [0.717, 1.165) is 18.3 Å². The minimum Gasteiger partial charge on any atom is -0.481 e. The van der Waals surface area contributed by atoms with Gasteiger partial charge in [-0.25, -0.2) is 4.98 Å². The molecule has 0 aliphatic heterocycles. The number of pyridine rings is 1. The highest BCUT2D eigenvalue weighted by Crippen LogP contribution is 2.50. The van der Waals surface area contributed by atoms with Crippen molar-refractivity contribution in [1.29, 1.82) is 0 Å². The number of benzene rings is 2. The third-order valence-corrected chi connectivity index (χ3v) is 6.06. The summed E-state index contributed by atoms with van der Waals surface area (Å²) >= 11 is 12.0. The zero-order valence-electron chi connectivity index (χ0n) is 18.1. The van der Waals surface area contributed by atoms with E-state index in [1.54, 1.807) is 0 Å². The van der Waals surface area contributed by atoms with E-state index in [4.69, 9.17) is 28.3 Å². The number of nitrogens with zero attached hydrogens (tertiary/aromatic N) is 1. The Morgan fingerprint density at radius 1 is 1.06 bits per heavy atom. The number of rotatable bonds is 7. The van der Waals surface area contributed by atoms with Crippen molar-refractivity contribution in [2.45, 2.75) is 31.0 Å². The van der Waals surface area contributed by atoms with E-state index in [1.807, 2.05) is 0 Å². The highest BCUT2D eigenvalue weighted by molar-refractivity contribution is 6.32. The van der Waals surface area contributed by atoms with Crippen LogP contribution in [0.5, 0.6) is 0 Å². The first-order valence-electron chi connectivity index (χ1n) is 10.2. The van der Waals surface area contributed by atoms with Gasteiger partial charge in [0.25, 0.3) is 5.91 Å². The van der Waals surface area contributed by atoms with Crippen LogP contribution in [0.4, 0.5) is 18.9 Å². The number of amides is 1. The Labute approximate surface area is 208 Å². The number of carboxylic acids is 1. The third-order valence-electron chi connectivity index (χ3n) is 5.52. The first-order chi connectivity index (χ1) is 16.3. The fourth-order valence-corrected chi connectivity index (χ4v) is 4.15. The molecule has 3 rings (SSSR count). The van der Waals surface area contributed by atoms with Crippen LogP contribution in [0.15, 0.2) is 60.8 Å². The summed E-state index contributed by atoms with van der Waals surface area (Å²) in [5, 5.41) is 21.9. The number of carbonyl (C=O) groups excluding carboxylic acids is 1. The summed E-state index contributed by atoms with van der Waals surface area (Å²) in [4.78, 5) is 26.9. The van der Waals surface area contributed by atoms with Crippen LogP contribution in [-0.2, 0) is 16.8 Å². The van der Waals surface area contributed by atoms with Crippen LogP contribution in [0, 0.1) is 0 Å². The Bertz CT molecular complexity index is 1250. The Morgan fingerprint density at radius 2 is 1.71 bits per heavy atom. The summed E-state index contributed by atoms with van der Waals surface area (Å²) in [5.41, 5.74) is -2.83. The number of aromatic nitrogens is 1. The van der Waals surface area contributed by atoms with Crippen LogP contribution in [-0.4, -0.2) is 33.2 Å². The first kappa shape index (κ1) is 26.5. The Morgan fingerprint density at radius 3 is 2.26 bits per heavy atom. The van der Waals surface area contributed by atoms with Gasteiger partial charge in [0.1, 0.15) is 5.15 Å². The number of halogens is 5. The predicted molar refractivity (Wildman–Crippen MR) is 125 cm³/mol. The van der Waals surface area contributed by atoms with E-state index in [-0.39, 0.29) is 33.4 Å². The van der Waals surface area contributed by atoms with Crippen molar-refractivity contribution < 1.29 is 33.0 Å². The Kier molecular flexibility index (Phi) is 7.74. The predicted octanol–water partition coefficient (Wildman–Crippen LogP) is 5.82. The second-order valence-corrected chi connectivity index (χ2v) is 8.61. The molecular weight excluding hydrogens is 508 g/mol. The van der Waals surface area contributed by atoms with Gasteiger partial charge in [-0.05, 0) is 53.1 Å². The van der Waals surface area contributed by atoms with Crippen LogP contribution in [0.2, 0.25) is 10.2 Å². The van der Waals surface area contributed by atoms with E-state index >= 15 is 0 Å². The number of aliphatic hydroxyl groups is 1. The number of carboxylic acid groups (broad SMARTS) is 1. The van der Waals surface area contributed by atoms with E-state index in [0.29, 0.717) is 5.56 Å². The van der Waals surface area contributed by atoms with Gasteiger partial charge in [0.2, 0.25) is 0 Å². The molecule has 2 aromatic carbocycles. The Balaban J connectivity index is 1.86. The maximum absolute atomic E-state index is 14.1. The number of carbonyl (C=O) groups is 2. The van der Waals surface area contributed by atoms with Crippen molar-refractivity contribution in [3.8, 4) is 0 Å². The standard InChI is InChI=1S/C24H19Cl2F3N2O4/c1-13(23(35,24(27,28)29)16-8-9-30-20(26)11-16)18-7-6-17(12-19(18)25)31-22(34)15-4-2-14(3-5-15)10-21(32)33/h2-9,11-13,35H,10H2,1H3,(H,31,34)(H,32,33). The Hall–Kier alpha value is -3.14. The van der Waals surface area contributed by atoms with Crippen molar-refractivity contribution in [2.75, 3.05) is 5.32 Å². The smallest absolute Gasteiger partial charge is 0.422 e. The molecule has 0 fully saturated rings. The summed E-state index contributed by atoms with van der Waals surface area (Å²) < 4.78 is 42.2. The normalized spacial score (nSPS) is 14.1. The second kappa shape index (κ2) is 10.2. The number of aliphatic carboxylic acids is 1. The van der Waals surface area contributed by atoms with Gasteiger partial charge in [-0.2, -0.15) is 13.2 Å². The molecule has 11 heteroatoms. The largest absolute Gasteiger partial charge is 0.481 e. The van der Waals surface area contributed by atoms with Gasteiger partial charge in [-0.1, -0.05) is 48.3 Å². The molecule has 2 atom stereocenters. The van der Waals surface area contributed by atoms with E-state index in [1.165, 1.54) is 49.4 Å². The van der Waals surface area contributed by atoms with Crippen molar-refractivity contribution in [1.82, 2.24) is 4.98 Å². The van der Waals surface area contributed by atoms with E-state index in [9.17, 15) is 27.9 Å². The van der Waals surface area contributed by atoms with Crippen molar-refractivity contribution in [2.24, 2.45) is 0 Å². The van der Waals surface area contributed by atoms with Gasteiger partial charge in [-0.15, -0.1) is 0 Å². The molecule has 2 unspecified atom stereocenters. The van der Waals surface area contributed by atoms with Crippen LogP contribution in [0.3, 0.4) is 0 Å². The molecule has 184 valence electrons. The van der Waals surface area contributed by atoms with E-state index < -0.39 is 35.1 Å². The lowest BCUT2D eigenvalue weighted by atomic mass is 9.78. The van der Waals surface area contributed by atoms with Gasteiger partial charge in [-0.3, -0.25) is 9.59 Å². The molecule has 0 radical (unpaired) electrons. The quantitative estimate of drug-likeness (QED) is 0.337. The van der Waals surface area contributed by atoms with Crippen molar-refractivity contribution in [3.63, 3.8) is 0 Å². The number of hydrogen-bond acceptors (Lipinski definition) is 4. The SMILES string of the molecule is CC(c1ccc(NC(=O)c2ccc(CC(=O)O)cc2)cc1Cl)C(O)(c1ccnc(Cl)c1)C(F)(F)F. The van der Waals surface area contributed by atoms with Crippen LogP contribution < -0.4 is 5.32 Å². The molecule has 1 heterocycles. The highest BCUT2D eigenvalue weighted by Gasteiger charge is 2.59. The molecule has 3 N–H and O–H groups in total. The monoisotopic (exact) mass is 526 g/mol. The maximum Gasteiger partial charge on any atom is 0.422 e. The molecule has 35 heavy (non-hydrogen) atoms. The average Bonchev–Trinajstić information content (AvgIpc) is 2.77. The molecule has 0 bridgehead atoms. The van der Waals surface area contributed by atoms with Gasteiger partial charge in [0, 0.05) is 28.4 Å². The van der Waals surface area contributed by atoms with Crippen LogP contribution >= 0.6 is 23.2 Å². The van der Waals surface area contributed by atoms with Gasteiger partial charge >= 0.3 is 12.1 Å². The number of anilines is 1. The molecular formula is C24H19Cl2F3N2O4. The van der Waals surface area contributed by atoms with Crippen LogP contribution in [0.25, 0.3) is 0 Å². The lowest BCUT2D eigenvalue weighted by Crippen LogP contribution is -2.46. The van der Waals surface area contributed by atoms with Crippen LogP contribution in [0.1, 0.15) is 39.9 Å². The number of alkyl halides is 3. The van der Waals surface area contributed by atoms with Crippen molar-refractivity contribution in [3.05, 3.63) is 93.2 Å². The molecule has 0 saturated heterocycles. The summed E-state index contributed by atoms with van der Waals surface area (Å²) in [6.07, 6.45) is -4.19. The highest BCUT2D eigenvalue weighted by atomic mass is 35.5. The molecule has 0 saturated carbocycles. The average molecular weight is 527 g/mol. The maximum atomic E-state index is 14.1. The summed E-state index contributed by atoms with van der Waals surface area (Å²) in [7, 11) is 0. The lowest BCUT2D eigenvalue weighted by molar-refractivity contribution is -0.274. The molecule has 1 aromatic heterocycles. The fraction of sp³-hybridized carbons (Fsp3) is 0.208. The zero-order valence-corrected chi connectivity index (χ0v) is 19.6. The minimum atomic E-state index is -5.07. The van der Waals surface area contributed by atoms with E-state index in [2.05, 4.69) is 10.3 Å². The fourth-order valence-electron chi connectivity index (χ4n) is 3.63. The minimum absolute atomic E-state index is 0.00421. The molecule has 6 nitrogen and oxygen atoms in total. The molecule has 3 aromatic rings. The summed E-state index contributed by atoms with van der Waals surface area (Å²) in [6.45, 7) is 1.18. The number of nitrogens with one attached hydrogen (secondary N) is 1. The molecule has 0 aliphatic carbocycles. The van der Waals surface area contributed by atoms with Gasteiger partial charge in [0.05, 0.1) is 6.42 Å². The molecule has 0 aliphatic rings. The summed E-state index contributed by atoms with van der Waals surface area (Å²) in [5.74, 6) is -3.07. The zero-order chi connectivity index (χ0) is 26.0. The van der Waals surface area contributed by atoms with Gasteiger partial charge in [0.15, 0.2) is 5.60 Å². The first-order valence-corrected chi connectivity index (χ1v) is 10.9. The van der Waals surface area contributed by atoms with Crippen molar-refractivity contribution >= 4 is 40.8 Å². The third kappa shape index (κ3) is 5.75. The topological polar surface area (TPSA) is 99.5 Å². The lowest BCUT2D eigenvalue weighted by Gasteiger charge is -2.37. The summed E-state index contributed by atoms with van der Waals surface area (Å²) in [6, 6.07) is 11.8. The molecule has 0 spiro atoms. The number of hydrogen-bond donors (Lipinski definition) is 3. The molecule has 1 amide bonds. The second-order valence-electron chi connectivity index (χ2n) is 7.81. The van der Waals surface area contributed by atoms with Gasteiger partial charge < -0.3 is 15.5 Å².